The van der Waals surface area contributed by atoms with Gasteiger partial charge < -0.3 is 5.11 Å². The van der Waals surface area contributed by atoms with E-state index < -0.39 is 0 Å². The zero-order valence-corrected chi connectivity index (χ0v) is 6.36. The van der Waals surface area contributed by atoms with Crippen LogP contribution in [0.5, 0.6) is 5.75 Å². The van der Waals surface area contributed by atoms with E-state index in [1.54, 1.807) is 24.3 Å². The molecule has 1 aromatic rings. The highest BCUT2D eigenvalue weighted by Crippen LogP contribution is 2.18. The first-order chi connectivity index (χ1) is 5.24. The summed E-state index contributed by atoms with van der Waals surface area (Å²) in [5, 5.41) is 8.95. The van der Waals surface area contributed by atoms with E-state index in [2.05, 4.69) is 4.85 Å². The fourth-order valence-corrected chi connectivity index (χ4v) is 0.839. The summed E-state index contributed by atoms with van der Waals surface area (Å²) in [6.07, 6.45) is 0. The standard InChI is InChI=1S/C9H9NO/c1-7(10-2)8-3-5-9(11)6-4-8/h2-7H,1H3/p+1. The maximum Gasteiger partial charge on any atom is 0.294 e. The molecule has 56 valence electrons. The van der Waals surface area contributed by atoms with Crippen molar-refractivity contribution < 1.29 is 5.11 Å². The number of benzene rings is 1. The maximum atomic E-state index is 8.95. The minimum atomic E-state index is -0.00407. The minimum Gasteiger partial charge on any atom is -0.508 e. The van der Waals surface area contributed by atoms with Gasteiger partial charge in [-0.3, -0.25) is 0 Å². The van der Waals surface area contributed by atoms with E-state index in [1.807, 2.05) is 6.92 Å². The van der Waals surface area contributed by atoms with Crippen LogP contribution in [0, 0.1) is 6.57 Å². The van der Waals surface area contributed by atoms with Crippen LogP contribution < -0.4 is 0 Å². The molecule has 0 aliphatic carbocycles. The molecule has 0 fully saturated rings. The van der Waals surface area contributed by atoms with Crippen molar-refractivity contribution in [2.45, 2.75) is 13.0 Å². The van der Waals surface area contributed by atoms with E-state index in [9.17, 15) is 0 Å². The molecule has 1 aromatic carbocycles. The molecule has 1 rings (SSSR count). The van der Waals surface area contributed by atoms with E-state index >= 15 is 0 Å². The van der Waals surface area contributed by atoms with Crippen LogP contribution in [0.4, 0.5) is 0 Å². The molecule has 0 aliphatic rings. The Bertz CT molecular complexity index is 271. The van der Waals surface area contributed by atoms with Crippen LogP contribution in [-0.4, -0.2) is 5.11 Å². The Morgan fingerprint density at radius 2 is 1.91 bits per heavy atom. The smallest absolute Gasteiger partial charge is 0.294 e. The second-order valence-electron chi connectivity index (χ2n) is 2.42. The molecule has 0 heterocycles. The third-order valence-electron chi connectivity index (χ3n) is 1.60. The van der Waals surface area contributed by atoms with Gasteiger partial charge in [-0.2, -0.15) is 0 Å². The van der Waals surface area contributed by atoms with Gasteiger partial charge in [0.05, 0.1) is 0 Å². The molecule has 0 radical (unpaired) electrons. The predicted octanol–water partition coefficient (Wildman–Crippen LogP) is 2.42. The molecule has 0 spiro atoms. The lowest BCUT2D eigenvalue weighted by Crippen LogP contribution is -1.84. The average molecular weight is 148 g/mol. The molecule has 1 N–H and O–H groups in total. The molecule has 0 saturated carbocycles. The van der Waals surface area contributed by atoms with Crippen molar-refractivity contribution in [3.05, 3.63) is 34.7 Å². The first kappa shape index (κ1) is 7.62. The van der Waals surface area contributed by atoms with Crippen molar-refractivity contribution in [3.63, 3.8) is 0 Å². The zero-order chi connectivity index (χ0) is 8.27. The number of phenolic OH excluding ortho intramolecular Hbond substituents is 1. The fourth-order valence-electron chi connectivity index (χ4n) is 0.839. The van der Waals surface area contributed by atoms with Crippen molar-refractivity contribution in [1.29, 1.82) is 0 Å². The summed E-state index contributed by atoms with van der Waals surface area (Å²) in [7, 11) is 0. The predicted molar refractivity (Wildman–Crippen MR) is 44.8 cm³/mol. The summed E-state index contributed by atoms with van der Waals surface area (Å²) in [6.45, 7) is 7.00. The lowest BCUT2D eigenvalue weighted by Gasteiger charge is -1.94. The molecule has 2 heteroatoms. The summed E-state index contributed by atoms with van der Waals surface area (Å²) in [6, 6.07) is 6.84. The van der Waals surface area contributed by atoms with Gasteiger partial charge in [-0.25, -0.2) is 0 Å². The normalized spacial score (nSPS) is 12.0. The van der Waals surface area contributed by atoms with Gasteiger partial charge in [-0.05, 0) is 24.3 Å². The number of hydrogen-bond donors (Lipinski definition) is 1. The highest BCUT2D eigenvalue weighted by Gasteiger charge is 2.10. The van der Waals surface area contributed by atoms with Crippen LogP contribution in [-0.2, 0) is 0 Å². The van der Waals surface area contributed by atoms with Gasteiger partial charge in [0.25, 0.3) is 12.6 Å². The molecule has 2 nitrogen and oxygen atoms in total. The molecule has 1 atom stereocenters. The monoisotopic (exact) mass is 148 g/mol. The van der Waals surface area contributed by atoms with Gasteiger partial charge in [0, 0.05) is 12.5 Å². The second kappa shape index (κ2) is 3.07. The van der Waals surface area contributed by atoms with Crippen molar-refractivity contribution in [1.82, 2.24) is 0 Å². The molecule has 0 bridgehead atoms. The molecule has 0 saturated heterocycles. The number of hydrogen-bond acceptors (Lipinski definition) is 1. The van der Waals surface area contributed by atoms with Crippen LogP contribution in [0.3, 0.4) is 0 Å². The molecule has 0 aromatic heterocycles. The van der Waals surface area contributed by atoms with E-state index in [1.165, 1.54) is 0 Å². The third kappa shape index (κ3) is 1.71. The van der Waals surface area contributed by atoms with Crippen LogP contribution in [0.2, 0.25) is 0 Å². The Balaban J connectivity index is 2.92. The number of phenols is 1. The zero-order valence-electron chi connectivity index (χ0n) is 6.36. The Hall–Kier alpha value is -1.49. The van der Waals surface area contributed by atoms with Gasteiger partial charge >= 0.3 is 0 Å². The van der Waals surface area contributed by atoms with Crippen molar-refractivity contribution in [2.24, 2.45) is 0 Å². The molecule has 1 unspecified atom stereocenters. The highest BCUT2D eigenvalue weighted by molar-refractivity contribution is 5.28. The van der Waals surface area contributed by atoms with Gasteiger partial charge in [-0.1, -0.05) is 4.85 Å². The quantitative estimate of drug-likeness (QED) is 0.649. The summed E-state index contributed by atoms with van der Waals surface area (Å²) in [5.74, 6) is 0.262. The summed E-state index contributed by atoms with van der Waals surface area (Å²) >= 11 is 0. The van der Waals surface area contributed by atoms with Crippen LogP contribution in [0.15, 0.2) is 24.3 Å². The first-order valence-electron chi connectivity index (χ1n) is 3.43. The number of rotatable bonds is 1. The Morgan fingerprint density at radius 3 is 2.36 bits per heavy atom. The number of aromatic hydroxyl groups is 1. The summed E-state index contributed by atoms with van der Waals surface area (Å²) < 4.78 is 0. The molecular weight excluding hydrogens is 138 g/mol. The second-order valence-corrected chi connectivity index (χ2v) is 2.42. The van der Waals surface area contributed by atoms with E-state index in [4.69, 9.17) is 11.7 Å². The Labute approximate surface area is 65.9 Å². The Kier molecular flexibility index (Phi) is 2.12. The first-order valence-corrected chi connectivity index (χ1v) is 3.43. The molecule has 11 heavy (non-hydrogen) atoms. The largest absolute Gasteiger partial charge is 0.508 e. The van der Waals surface area contributed by atoms with Crippen molar-refractivity contribution in [2.75, 3.05) is 0 Å². The third-order valence-corrected chi connectivity index (χ3v) is 1.60. The highest BCUT2D eigenvalue weighted by atomic mass is 16.3. The van der Waals surface area contributed by atoms with Crippen LogP contribution in [0.25, 0.3) is 4.85 Å². The topological polar surface area (TPSA) is 24.6 Å². The molecular formula is C9H10NO+. The summed E-state index contributed by atoms with van der Waals surface area (Å²) in [5.41, 5.74) is 1.00. The number of nitrogens with zero attached hydrogens (tertiary/aromatic N) is 1. The van der Waals surface area contributed by atoms with Crippen molar-refractivity contribution in [3.8, 4) is 12.3 Å². The lowest BCUT2D eigenvalue weighted by molar-refractivity contribution is 0.475. The molecule has 0 aliphatic heterocycles. The fraction of sp³-hybridized carbons (Fsp3) is 0.222. The van der Waals surface area contributed by atoms with Gasteiger partial charge in [0.2, 0.25) is 0 Å². The summed E-state index contributed by atoms with van der Waals surface area (Å²) in [4.78, 5) is 3.61. The maximum absolute atomic E-state index is 8.95. The van der Waals surface area contributed by atoms with E-state index in [-0.39, 0.29) is 11.8 Å². The van der Waals surface area contributed by atoms with Gasteiger partial charge in [0.1, 0.15) is 5.75 Å². The van der Waals surface area contributed by atoms with E-state index in [0.29, 0.717) is 0 Å². The van der Waals surface area contributed by atoms with Crippen LogP contribution >= 0.6 is 0 Å². The van der Waals surface area contributed by atoms with E-state index in [0.717, 1.165) is 5.56 Å². The van der Waals surface area contributed by atoms with Crippen molar-refractivity contribution >= 4 is 0 Å². The average Bonchev–Trinajstić information content (AvgIpc) is 2.05. The lowest BCUT2D eigenvalue weighted by atomic mass is 10.1. The SMILES string of the molecule is C#[N+]C(C)c1ccc(O)cc1. The minimum absolute atomic E-state index is 0.00407. The van der Waals surface area contributed by atoms with Gasteiger partial charge in [-0.15, -0.1) is 0 Å². The van der Waals surface area contributed by atoms with Crippen LogP contribution in [0.1, 0.15) is 18.5 Å². The molecule has 0 amide bonds. The Morgan fingerprint density at radius 1 is 1.36 bits per heavy atom. The van der Waals surface area contributed by atoms with Gasteiger partial charge in [0.15, 0.2) is 0 Å².